The van der Waals surface area contributed by atoms with E-state index in [0.29, 0.717) is 12.6 Å². The molecule has 1 aliphatic heterocycles. The maximum absolute atomic E-state index is 9.95. The number of aliphatic hydroxyl groups is 1. The van der Waals surface area contributed by atoms with Crippen molar-refractivity contribution in [3.8, 4) is 0 Å². The summed E-state index contributed by atoms with van der Waals surface area (Å²) < 4.78 is 0. The fraction of sp³-hybridized carbons (Fsp3) is 1.00. The minimum atomic E-state index is -0.238. The molecule has 1 saturated heterocycles. The van der Waals surface area contributed by atoms with Crippen LogP contribution in [0.3, 0.4) is 0 Å². The first-order valence-corrected chi connectivity index (χ1v) is 7.26. The molecule has 108 valence electrons. The third-order valence-electron chi connectivity index (χ3n) is 3.56. The molecule has 0 spiro atoms. The van der Waals surface area contributed by atoms with Crippen LogP contribution in [0.2, 0.25) is 0 Å². The van der Waals surface area contributed by atoms with Crippen molar-refractivity contribution in [1.29, 1.82) is 0 Å². The number of hydrogen-bond acceptors (Lipinski definition) is 4. The van der Waals surface area contributed by atoms with Crippen molar-refractivity contribution in [2.24, 2.45) is 5.92 Å². The van der Waals surface area contributed by atoms with Gasteiger partial charge in [-0.3, -0.25) is 0 Å². The van der Waals surface area contributed by atoms with Crippen LogP contribution >= 0.6 is 0 Å². The lowest BCUT2D eigenvalue weighted by Gasteiger charge is -2.34. The van der Waals surface area contributed by atoms with Crippen LogP contribution in [-0.4, -0.2) is 73.9 Å². The molecule has 4 nitrogen and oxygen atoms in total. The van der Waals surface area contributed by atoms with Crippen LogP contribution in [0.5, 0.6) is 0 Å². The summed E-state index contributed by atoms with van der Waals surface area (Å²) in [5, 5.41) is 13.2. The maximum atomic E-state index is 9.95. The molecule has 1 rings (SSSR count). The zero-order valence-corrected chi connectivity index (χ0v) is 12.5. The number of likely N-dealkylation sites (tertiary alicyclic amines) is 1. The average molecular weight is 257 g/mol. The molecule has 18 heavy (non-hydrogen) atoms. The Hall–Kier alpha value is -0.160. The van der Waals surface area contributed by atoms with Gasteiger partial charge in [-0.15, -0.1) is 0 Å². The zero-order valence-electron chi connectivity index (χ0n) is 12.5. The predicted octanol–water partition coefficient (Wildman–Crippen LogP) is 0.619. The van der Waals surface area contributed by atoms with Gasteiger partial charge in [-0.2, -0.15) is 0 Å². The summed E-state index contributed by atoms with van der Waals surface area (Å²) in [4.78, 5) is 4.68. The topological polar surface area (TPSA) is 38.7 Å². The molecule has 1 fully saturated rings. The standard InChI is InChI=1S/C14H31N3O/c1-12(2)15-9-14(18)11-17-7-5-13(6-8-17)10-16(3)4/h12-15,18H,5-11H2,1-4H3. The Balaban J connectivity index is 2.14. The van der Waals surface area contributed by atoms with Crippen molar-refractivity contribution in [2.45, 2.75) is 38.8 Å². The zero-order chi connectivity index (χ0) is 13.5. The molecule has 0 aromatic heterocycles. The number of nitrogens with one attached hydrogen (secondary N) is 1. The smallest absolute Gasteiger partial charge is 0.0791 e. The van der Waals surface area contributed by atoms with E-state index in [9.17, 15) is 5.11 Å². The quantitative estimate of drug-likeness (QED) is 0.701. The predicted molar refractivity (Wildman–Crippen MR) is 76.9 cm³/mol. The van der Waals surface area contributed by atoms with E-state index in [1.165, 1.54) is 19.4 Å². The fourth-order valence-electron chi connectivity index (χ4n) is 2.60. The lowest BCUT2D eigenvalue weighted by atomic mass is 9.96. The molecule has 0 saturated carbocycles. The highest BCUT2D eigenvalue weighted by atomic mass is 16.3. The van der Waals surface area contributed by atoms with E-state index in [0.717, 1.165) is 25.6 Å². The molecule has 1 aliphatic rings. The molecule has 1 heterocycles. The van der Waals surface area contributed by atoms with Gasteiger partial charge in [0.25, 0.3) is 0 Å². The van der Waals surface area contributed by atoms with Gasteiger partial charge in [-0.25, -0.2) is 0 Å². The van der Waals surface area contributed by atoms with Crippen molar-refractivity contribution in [1.82, 2.24) is 15.1 Å². The van der Waals surface area contributed by atoms with Crippen molar-refractivity contribution < 1.29 is 5.11 Å². The average Bonchev–Trinajstić information content (AvgIpc) is 2.28. The van der Waals surface area contributed by atoms with Gasteiger partial charge in [0.1, 0.15) is 0 Å². The van der Waals surface area contributed by atoms with Crippen LogP contribution in [0.1, 0.15) is 26.7 Å². The molecule has 2 N–H and O–H groups in total. The summed E-state index contributed by atoms with van der Waals surface area (Å²) in [5.41, 5.74) is 0. The van der Waals surface area contributed by atoms with Crippen LogP contribution in [-0.2, 0) is 0 Å². The van der Waals surface area contributed by atoms with Gasteiger partial charge < -0.3 is 20.2 Å². The van der Waals surface area contributed by atoms with Crippen molar-refractivity contribution in [3.63, 3.8) is 0 Å². The molecule has 0 radical (unpaired) electrons. The Morgan fingerprint density at radius 1 is 1.28 bits per heavy atom. The Kier molecular flexibility index (Phi) is 7.15. The molecule has 0 aliphatic carbocycles. The van der Waals surface area contributed by atoms with E-state index in [-0.39, 0.29) is 6.10 Å². The van der Waals surface area contributed by atoms with Crippen molar-refractivity contribution in [2.75, 3.05) is 46.8 Å². The summed E-state index contributed by atoms with van der Waals surface area (Å²) >= 11 is 0. The number of rotatable bonds is 7. The third kappa shape index (κ3) is 6.69. The van der Waals surface area contributed by atoms with Crippen molar-refractivity contribution in [3.05, 3.63) is 0 Å². The second-order valence-electron chi connectivity index (χ2n) is 6.22. The third-order valence-corrected chi connectivity index (χ3v) is 3.56. The first kappa shape index (κ1) is 15.9. The number of β-amino-alcohol motifs (C(OH)–C–C–N with tert-alkyl or cyclic N) is 1. The first-order valence-electron chi connectivity index (χ1n) is 7.26. The number of aliphatic hydroxyl groups excluding tert-OH is 1. The van der Waals surface area contributed by atoms with Gasteiger partial charge in [0.05, 0.1) is 6.10 Å². The van der Waals surface area contributed by atoms with Crippen LogP contribution in [0.25, 0.3) is 0 Å². The monoisotopic (exact) mass is 257 g/mol. The summed E-state index contributed by atoms with van der Waals surface area (Å²) in [6.07, 6.45) is 2.29. The van der Waals surface area contributed by atoms with Gasteiger partial charge in [0, 0.05) is 25.7 Å². The Bertz CT molecular complexity index is 213. The highest BCUT2D eigenvalue weighted by molar-refractivity contribution is 4.76. The molecule has 4 heteroatoms. The van der Waals surface area contributed by atoms with E-state index < -0.39 is 0 Å². The van der Waals surface area contributed by atoms with Crippen LogP contribution in [0.15, 0.2) is 0 Å². The Morgan fingerprint density at radius 3 is 2.39 bits per heavy atom. The van der Waals surface area contributed by atoms with Crippen molar-refractivity contribution >= 4 is 0 Å². The molecule has 0 amide bonds. The maximum Gasteiger partial charge on any atom is 0.0791 e. The van der Waals surface area contributed by atoms with Gasteiger partial charge in [-0.1, -0.05) is 13.8 Å². The summed E-state index contributed by atoms with van der Waals surface area (Å²) in [7, 11) is 4.29. The Labute approximate surface area is 112 Å². The SMILES string of the molecule is CC(C)NCC(O)CN1CCC(CN(C)C)CC1. The molecule has 0 bridgehead atoms. The lowest BCUT2D eigenvalue weighted by molar-refractivity contribution is 0.0831. The normalized spacial score (nSPS) is 20.8. The van der Waals surface area contributed by atoms with E-state index >= 15 is 0 Å². The molecule has 1 unspecified atom stereocenters. The largest absolute Gasteiger partial charge is 0.390 e. The minimum Gasteiger partial charge on any atom is -0.390 e. The van der Waals surface area contributed by atoms with E-state index in [1.54, 1.807) is 0 Å². The fourth-order valence-corrected chi connectivity index (χ4v) is 2.60. The highest BCUT2D eigenvalue weighted by Gasteiger charge is 2.21. The second kappa shape index (κ2) is 8.10. The molecular formula is C14H31N3O. The van der Waals surface area contributed by atoms with Gasteiger partial charge in [0.2, 0.25) is 0 Å². The van der Waals surface area contributed by atoms with E-state index in [1.807, 2.05) is 0 Å². The van der Waals surface area contributed by atoms with Crippen LogP contribution in [0.4, 0.5) is 0 Å². The first-order chi connectivity index (χ1) is 8.47. The summed E-state index contributed by atoms with van der Waals surface area (Å²) in [5.74, 6) is 0.835. The minimum absolute atomic E-state index is 0.238. The van der Waals surface area contributed by atoms with Gasteiger partial charge >= 0.3 is 0 Å². The van der Waals surface area contributed by atoms with Crippen LogP contribution in [0, 0.1) is 5.92 Å². The molecule has 0 aromatic carbocycles. The Morgan fingerprint density at radius 2 is 1.89 bits per heavy atom. The number of nitrogens with zero attached hydrogens (tertiary/aromatic N) is 2. The summed E-state index contributed by atoms with van der Waals surface area (Å²) in [6.45, 7) is 9.21. The molecular weight excluding hydrogens is 226 g/mol. The van der Waals surface area contributed by atoms with Crippen LogP contribution < -0.4 is 5.32 Å². The highest BCUT2D eigenvalue weighted by Crippen LogP contribution is 2.17. The molecule has 0 aromatic rings. The van der Waals surface area contributed by atoms with Gasteiger partial charge in [-0.05, 0) is 45.9 Å². The lowest BCUT2D eigenvalue weighted by Crippen LogP contribution is -2.44. The second-order valence-corrected chi connectivity index (χ2v) is 6.22. The van der Waals surface area contributed by atoms with E-state index in [4.69, 9.17) is 0 Å². The number of hydrogen-bond donors (Lipinski definition) is 2. The number of piperidine rings is 1. The molecule has 1 atom stereocenters. The summed E-state index contributed by atoms with van der Waals surface area (Å²) in [6, 6.07) is 0.450. The van der Waals surface area contributed by atoms with E-state index in [2.05, 4.69) is 43.1 Å². The van der Waals surface area contributed by atoms with Gasteiger partial charge in [0.15, 0.2) is 0 Å².